The summed E-state index contributed by atoms with van der Waals surface area (Å²) in [6.07, 6.45) is 17.6. The van der Waals surface area contributed by atoms with E-state index in [2.05, 4.69) is 231 Å². The van der Waals surface area contributed by atoms with Crippen molar-refractivity contribution in [2.24, 2.45) is 0 Å². The van der Waals surface area contributed by atoms with Crippen molar-refractivity contribution in [2.45, 2.75) is 156 Å². The molecule has 0 aliphatic heterocycles. The van der Waals surface area contributed by atoms with Crippen molar-refractivity contribution in [3.8, 4) is 0 Å². The highest BCUT2D eigenvalue weighted by atomic mass is 79.9. The van der Waals surface area contributed by atoms with Gasteiger partial charge in [0.05, 0.1) is 0 Å². The molecule has 0 aromatic heterocycles. The highest BCUT2D eigenvalue weighted by Crippen LogP contribution is 2.44. The average Bonchev–Trinajstić information content (AvgIpc) is 3.30. The summed E-state index contributed by atoms with van der Waals surface area (Å²) in [7, 11) is 0. The second-order valence-corrected chi connectivity index (χ2v) is 22.5. The lowest BCUT2D eigenvalue weighted by Crippen LogP contribution is -2.13. The number of hydrogen-bond donors (Lipinski definition) is 0. The summed E-state index contributed by atoms with van der Waals surface area (Å²) in [5.74, 6) is 0. The minimum Gasteiger partial charge on any atom is -0.310 e. The lowest BCUT2D eigenvalue weighted by Gasteiger charge is -2.29. The zero-order valence-electron chi connectivity index (χ0n) is 41.3. The van der Waals surface area contributed by atoms with E-state index >= 15 is 0 Å². The summed E-state index contributed by atoms with van der Waals surface area (Å²) in [4.78, 5) is 4.91. The van der Waals surface area contributed by atoms with Gasteiger partial charge in [0.2, 0.25) is 0 Å². The van der Waals surface area contributed by atoms with E-state index in [1.165, 1.54) is 132 Å². The van der Waals surface area contributed by atoms with Crippen molar-refractivity contribution in [1.29, 1.82) is 0 Å². The maximum atomic E-state index is 3.72. The molecule has 0 N–H and O–H groups in total. The molecule has 0 saturated carbocycles. The summed E-state index contributed by atoms with van der Waals surface area (Å²) in [6, 6.07) is 50.7. The van der Waals surface area contributed by atoms with E-state index in [4.69, 9.17) is 0 Å². The summed E-state index contributed by atoms with van der Waals surface area (Å²) in [5, 5.41) is 5.49. The van der Waals surface area contributed by atoms with Crippen LogP contribution in [0.25, 0.3) is 21.5 Å². The van der Waals surface area contributed by atoms with Crippen molar-refractivity contribution in [2.75, 3.05) is 9.80 Å². The summed E-state index contributed by atoms with van der Waals surface area (Å²) in [5.41, 5.74) is 13.0. The van der Waals surface area contributed by atoms with Crippen LogP contribution < -0.4 is 9.80 Å². The van der Waals surface area contributed by atoms with Crippen LogP contribution in [0.15, 0.2) is 142 Å². The predicted octanol–water partition coefficient (Wildman–Crippen LogP) is 20.9. The maximum Gasteiger partial charge on any atom is 0.0468 e. The molecule has 0 amide bonds. The van der Waals surface area contributed by atoms with Gasteiger partial charge in [0, 0.05) is 43.1 Å². The number of unbranched alkanes of at least 4 members (excludes halogenated alkanes) is 10. The Morgan fingerprint density at radius 3 is 0.939 bits per heavy atom. The summed E-state index contributed by atoms with van der Waals surface area (Å²) >= 11 is 7.45. The van der Waals surface area contributed by atoms with Gasteiger partial charge in [-0.1, -0.05) is 188 Å². The van der Waals surface area contributed by atoms with Crippen LogP contribution in [0, 0.1) is 0 Å². The first kappa shape index (κ1) is 49.5. The Bertz CT molecular complexity index is 2440. The van der Waals surface area contributed by atoms with E-state index in [1.54, 1.807) is 11.1 Å². The molecule has 0 radical (unpaired) electrons. The van der Waals surface area contributed by atoms with Gasteiger partial charge in [-0.2, -0.15) is 0 Å². The fraction of sp³-hybridized carbons (Fsp3) is 0.387. The number of nitrogens with zero attached hydrogens (tertiary/aromatic N) is 2. The second-order valence-electron chi connectivity index (χ2n) is 20.7. The third kappa shape index (κ3) is 12.2. The van der Waals surface area contributed by atoms with Crippen LogP contribution in [0.5, 0.6) is 0 Å². The van der Waals surface area contributed by atoms with Crippen LogP contribution in [0.1, 0.15) is 155 Å². The molecule has 0 spiro atoms. The van der Waals surface area contributed by atoms with Gasteiger partial charge in [0.25, 0.3) is 0 Å². The van der Waals surface area contributed by atoms with Crippen LogP contribution in [0.3, 0.4) is 0 Å². The highest BCUT2D eigenvalue weighted by Gasteiger charge is 2.22. The van der Waals surface area contributed by atoms with E-state index in [1.807, 2.05) is 0 Å². The molecule has 0 heterocycles. The Balaban J connectivity index is 1.44. The van der Waals surface area contributed by atoms with Crippen LogP contribution in [-0.4, -0.2) is 0 Å². The molecule has 66 heavy (non-hydrogen) atoms. The number of hydrogen-bond acceptors (Lipinski definition) is 2. The molecular weight excluding hydrogens is 933 g/mol. The third-order valence-electron chi connectivity index (χ3n) is 13.5. The first-order valence-electron chi connectivity index (χ1n) is 25.1. The van der Waals surface area contributed by atoms with Crippen molar-refractivity contribution in [3.05, 3.63) is 165 Å². The van der Waals surface area contributed by atoms with Gasteiger partial charge in [0.15, 0.2) is 0 Å². The van der Waals surface area contributed by atoms with Crippen LogP contribution in [0.4, 0.5) is 34.1 Å². The fourth-order valence-electron chi connectivity index (χ4n) is 9.67. The largest absolute Gasteiger partial charge is 0.310 e. The minimum atomic E-state index is 0.0782. The molecule has 346 valence electrons. The van der Waals surface area contributed by atoms with E-state index in [0.29, 0.717) is 0 Å². The Morgan fingerprint density at radius 2 is 0.621 bits per heavy atom. The van der Waals surface area contributed by atoms with Gasteiger partial charge >= 0.3 is 0 Å². The standard InChI is InChI=1S/C62H74Br2N2/c1-9-11-13-15-17-19-21-55-56(22-20-18-16-14-12-10-2)60-44-54(66(52-37-29-48(64)30-38-52)50-33-25-46(26-34-50)62(6,7)8)40-42-58(60)57-41-39-53(43-59(55)57)65(51-35-27-47(63)28-36-51)49-31-23-45(24-32-49)61(3,4)5/h23-44H,9-22H2,1-8H3. The first-order chi connectivity index (χ1) is 31.8. The second kappa shape index (κ2) is 22.6. The van der Waals surface area contributed by atoms with Gasteiger partial charge in [-0.05, 0) is 177 Å². The van der Waals surface area contributed by atoms with Gasteiger partial charge in [0.1, 0.15) is 0 Å². The van der Waals surface area contributed by atoms with E-state index in [-0.39, 0.29) is 10.8 Å². The van der Waals surface area contributed by atoms with Crippen LogP contribution in [-0.2, 0) is 23.7 Å². The molecule has 7 rings (SSSR count). The Kier molecular flexibility index (Phi) is 17.0. The number of anilines is 6. The molecule has 7 aromatic rings. The molecule has 0 aliphatic rings. The Labute approximate surface area is 415 Å². The number of fused-ring (bicyclic) bond motifs is 3. The van der Waals surface area contributed by atoms with Crippen LogP contribution >= 0.6 is 31.9 Å². The van der Waals surface area contributed by atoms with Crippen molar-refractivity contribution in [3.63, 3.8) is 0 Å². The third-order valence-corrected chi connectivity index (χ3v) is 14.6. The molecule has 0 bridgehead atoms. The minimum absolute atomic E-state index is 0.0782. The van der Waals surface area contributed by atoms with Crippen molar-refractivity contribution >= 4 is 87.5 Å². The van der Waals surface area contributed by atoms with Gasteiger partial charge in [-0.15, -0.1) is 0 Å². The lowest BCUT2D eigenvalue weighted by molar-refractivity contribution is 0.590. The van der Waals surface area contributed by atoms with E-state index < -0.39 is 0 Å². The summed E-state index contributed by atoms with van der Waals surface area (Å²) < 4.78 is 2.17. The quantitative estimate of drug-likeness (QED) is 0.0555. The molecule has 7 aromatic carbocycles. The monoisotopic (exact) mass is 1000 g/mol. The lowest BCUT2D eigenvalue weighted by atomic mass is 9.85. The van der Waals surface area contributed by atoms with Gasteiger partial charge in [-0.3, -0.25) is 0 Å². The number of rotatable bonds is 20. The fourth-order valence-corrected chi connectivity index (χ4v) is 10.2. The molecule has 0 atom stereocenters. The van der Waals surface area contributed by atoms with Gasteiger partial charge in [-0.25, -0.2) is 0 Å². The maximum absolute atomic E-state index is 3.72. The topological polar surface area (TPSA) is 6.48 Å². The molecular formula is C62H74Br2N2. The van der Waals surface area contributed by atoms with Crippen molar-refractivity contribution < 1.29 is 0 Å². The highest BCUT2D eigenvalue weighted by molar-refractivity contribution is 9.10. The smallest absolute Gasteiger partial charge is 0.0468 e. The normalized spacial score (nSPS) is 12.0. The van der Waals surface area contributed by atoms with E-state index in [9.17, 15) is 0 Å². The SMILES string of the molecule is CCCCCCCCc1c(CCCCCCCC)c2cc(N(c3ccc(Br)cc3)c3ccc(C(C)(C)C)cc3)ccc2c2ccc(N(c3ccc(Br)cc3)c3ccc(C(C)(C)C)cc3)cc12. The average molecular weight is 1010 g/mol. The molecule has 0 fully saturated rings. The van der Waals surface area contributed by atoms with Crippen LogP contribution in [0.2, 0.25) is 0 Å². The number of halogens is 2. The first-order valence-corrected chi connectivity index (χ1v) is 26.7. The zero-order chi connectivity index (χ0) is 46.8. The van der Waals surface area contributed by atoms with E-state index in [0.717, 1.165) is 33.2 Å². The Morgan fingerprint density at radius 1 is 0.333 bits per heavy atom. The predicted molar refractivity (Wildman–Crippen MR) is 298 cm³/mol. The number of aryl methyl sites for hydroxylation is 2. The van der Waals surface area contributed by atoms with Crippen molar-refractivity contribution in [1.82, 2.24) is 0 Å². The Hall–Kier alpha value is -4.38. The summed E-state index contributed by atoms with van der Waals surface area (Å²) in [6.45, 7) is 18.4. The molecule has 2 nitrogen and oxygen atoms in total. The number of benzene rings is 7. The van der Waals surface area contributed by atoms with Gasteiger partial charge < -0.3 is 9.80 Å². The molecule has 4 heteroatoms. The zero-order valence-corrected chi connectivity index (χ0v) is 44.4. The molecule has 0 saturated heterocycles. The molecule has 0 unspecified atom stereocenters. The molecule has 0 aliphatic carbocycles.